The van der Waals surface area contributed by atoms with Gasteiger partial charge in [-0.15, -0.1) is 0 Å². The molecule has 2 rings (SSSR count). The third-order valence-corrected chi connectivity index (χ3v) is 3.78. The molecule has 0 aliphatic heterocycles. The second kappa shape index (κ2) is 7.51. The lowest BCUT2D eigenvalue weighted by molar-refractivity contribution is -0.145. The van der Waals surface area contributed by atoms with Crippen LogP contribution < -0.4 is 5.32 Å². The fourth-order valence-corrected chi connectivity index (χ4v) is 2.38. The predicted molar refractivity (Wildman–Crippen MR) is 92.5 cm³/mol. The van der Waals surface area contributed by atoms with Crippen LogP contribution in [0.1, 0.15) is 20.8 Å². The summed E-state index contributed by atoms with van der Waals surface area (Å²) < 4.78 is 6.86. The first kappa shape index (κ1) is 17.3. The summed E-state index contributed by atoms with van der Waals surface area (Å²) in [6.45, 7) is 6.12. The number of rotatable bonds is 6. The molecule has 1 aromatic carbocycles. The summed E-state index contributed by atoms with van der Waals surface area (Å²) in [5, 5.41) is 8.41. The molecule has 0 aliphatic rings. The number of benzene rings is 1. The van der Waals surface area contributed by atoms with Gasteiger partial charge in [-0.05, 0) is 25.0 Å². The van der Waals surface area contributed by atoms with Crippen LogP contribution in [-0.4, -0.2) is 28.4 Å². The maximum atomic E-state index is 12.1. The molecule has 0 fully saturated rings. The average Bonchev–Trinajstić information content (AvgIpc) is 2.86. The van der Waals surface area contributed by atoms with E-state index in [1.54, 1.807) is 11.6 Å². The van der Waals surface area contributed by atoms with E-state index in [1.165, 1.54) is 0 Å². The Bertz CT molecular complexity index is 665. The number of aryl methyl sites for hydroxylation is 1. The Hall–Kier alpha value is -2.01. The van der Waals surface area contributed by atoms with E-state index >= 15 is 0 Å². The molecule has 0 saturated heterocycles. The number of ether oxygens (including phenoxy) is 1. The fourth-order valence-electron chi connectivity index (χ4n) is 2.25. The van der Waals surface area contributed by atoms with E-state index in [2.05, 4.69) is 10.4 Å². The first-order valence-corrected chi connectivity index (χ1v) is 8.03. The molecule has 0 amide bonds. The lowest BCUT2D eigenvalue weighted by Gasteiger charge is -2.21. The Morgan fingerprint density at radius 3 is 2.57 bits per heavy atom. The Kier molecular flexibility index (Phi) is 5.66. The van der Waals surface area contributed by atoms with Crippen molar-refractivity contribution in [1.29, 1.82) is 0 Å². The number of hydrogen-bond acceptors (Lipinski definition) is 4. The van der Waals surface area contributed by atoms with Crippen LogP contribution in [0.15, 0.2) is 30.3 Å². The standard InChI is InChI=1S/C17H22ClN3O2/c1-5-23-17(22)16(11(2)3)19-15-10-14(20-21(15)4)12-6-8-13(18)9-7-12/h6-11,16,19H,5H2,1-4H3. The number of nitrogens with one attached hydrogen (secondary N) is 1. The van der Waals surface area contributed by atoms with Crippen molar-refractivity contribution in [2.75, 3.05) is 11.9 Å². The number of halogens is 1. The first-order valence-electron chi connectivity index (χ1n) is 7.65. The molecule has 5 nitrogen and oxygen atoms in total. The van der Waals surface area contributed by atoms with Gasteiger partial charge in [0.2, 0.25) is 0 Å². The molecule has 0 bridgehead atoms. The van der Waals surface area contributed by atoms with E-state index in [4.69, 9.17) is 16.3 Å². The molecule has 0 radical (unpaired) electrons. The zero-order valence-electron chi connectivity index (χ0n) is 13.8. The van der Waals surface area contributed by atoms with Gasteiger partial charge in [-0.25, -0.2) is 4.79 Å². The van der Waals surface area contributed by atoms with Gasteiger partial charge < -0.3 is 10.1 Å². The molecule has 1 N–H and O–H groups in total. The normalized spacial score (nSPS) is 12.3. The van der Waals surface area contributed by atoms with Crippen molar-refractivity contribution in [3.8, 4) is 11.3 Å². The van der Waals surface area contributed by atoms with E-state index < -0.39 is 6.04 Å². The summed E-state index contributed by atoms with van der Waals surface area (Å²) in [5.41, 5.74) is 1.79. The van der Waals surface area contributed by atoms with E-state index in [0.29, 0.717) is 11.6 Å². The highest BCUT2D eigenvalue weighted by Gasteiger charge is 2.24. The molecule has 1 heterocycles. The second-order valence-electron chi connectivity index (χ2n) is 5.66. The molecule has 1 atom stereocenters. The van der Waals surface area contributed by atoms with Gasteiger partial charge in [0.15, 0.2) is 0 Å². The minimum Gasteiger partial charge on any atom is -0.464 e. The Balaban J connectivity index is 2.23. The molecule has 1 aromatic heterocycles. The van der Waals surface area contributed by atoms with Crippen LogP contribution in [0.25, 0.3) is 11.3 Å². The molecule has 0 aliphatic carbocycles. The summed E-state index contributed by atoms with van der Waals surface area (Å²) in [6, 6.07) is 8.99. The highest BCUT2D eigenvalue weighted by molar-refractivity contribution is 6.30. The number of esters is 1. The van der Waals surface area contributed by atoms with Crippen LogP contribution in [0.5, 0.6) is 0 Å². The number of nitrogens with zero attached hydrogens (tertiary/aromatic N) is 2. The van der Waals surface area contributed by atoms with Gasteiger partial charge in [0, 0.05) is 23.7 Å². The van der Waals surface area contributed by atoms with Gasteiger partial charge in [-0.1, -0.05) is 37.6 Å². The van der Waals surface area contributed by atoms with Gasteiger partial charge >= 0.3 is 5.97 Å². The largest absolute Gasteiger partial charge is 0.464 e. The number of hydrogen-bond donors (Lipinski definition) is 1. The minimum absolute atomic E-state index is 0.0999. The van der Waals surface area contributed by atoms with Crippen LogP contribution in [0.4, 0.5) is 5.82 Å². The van der Waals surface area contributed by atoms with Crippen molar-refractivity contribution in [1.82, 2.24) is 9.78 Å². The predicted octanol–water partition coefficient (Wildman–Crippen LogP) is 3.74. The number of carbonyl (C=O) groups excluding carboxylic acids is 1. The van der Waals surface area contributed by atoms with Crippen molar-refractivity contribution < 1.29 is 9.53 Å². The van der Waals surface area contributed by atoms with Crippen LogP contribution in [-0.2, 0) is 16.6 Å². The average molecular weight is 336 g/mol. The number of aromatic nitrogens is 2. The van der Waals surface area contributed by atoms with Gasteiger partial charge in [0.05, 0.1) is 12.3 Å². The molecule has 0 saturated carbocycles. The van der Waals surface area contributed by atoms with Gasteiger partial charge in [-0.3, -0.25) is 4.68 Å². The topological polar surface area (TPSA) is 56.1 Å². The third kappa shape index (κ3) is 4.26. The van der Waals surface area contributed by atoms with Crippen molar-refractivity contribution in [2.45, 2.75) is 26.8 Å². The van der Waals surface area contributed by atoms with E-state index in [0.717, 1.165) is 17.1 Å². The molecule has 2 aromatic rings. The zero-order chi connectivity index (χ0) is 17.0. The zero-order valence-corrected chi connectivity index (χ0v) is 14.6. The maximum absolute atomic E-state index is 12.1. The molecular formula is C17H22ClN3O2. The summed E-state index contributed by atoms with van der Waals surface area (Å²) in [7, 11) is 1.84. The van der Waals surface area contributed by atoms with Crippen LogP contribution in [0, 0.1) is 5.92 Å². The summed E-state index contributed by atoms with van der Waals surface area (Å²) >= 11 is 5.91. The van der Waals surface area contributed by atoms with E-state index in [-0.39, 0.29) is 11.9 Å². The maximum Gasteiger partial charge on any atom is 0.328 e. The quantitative estimate of drug-likeness (QED) is 0.817. The monoisotopic (exact) mass is 335 g/mol. The van der Waals surface area contributed by atoms with Crippen LogP contribution >= 0.6 is 11.6 Å². The molecule has 23 heavy (non-hydrogen) atoms. The van der Waals surface area contributed by atoms with Crippen LogP contribution in [0.2, 0.25) is 5.02 Å². The third-order valence-electron chi connectivity index (χ3n) is 3.53. The number of anilines is 1. The van der Waals surface area contributed by atoms with E-state index in [1.807, 2.05) is 51.2 Å². The first-order chi connectivity index (χ1) is 10.9. The van der Waals surface area contributed by atoms with Crippen LogP contribution in [0.3, 0.4) is 0 Å². The SMILES string of the molecule is CCOC(=O)C(Nc1cc(-c2ccc(Cl)cc2)nn1C)C(C)C. The summed E-state index contributed by atoms with van der Waals surface area (Å²) in [4.78, 5) is 12.1. The summed E-state index contributed by atoms with van der Waals surface area (Å²) in [6.07, 6.45) is 0. The Labute approximate surface area is 141 Å². The molecule has 0 spiro atoms. The Morgan fingerprint density at radius 1 is 1.35 bits per heavy atom. The molecule has 124 valence electrons. The molecular weight excluding hydrogens is 314 g/mol. The minimum atomic E-state index is -0.414. The van der Waals surface area contributed by atoms with Gasteiger partial charge in [-0.2, -0.15) is 5.10 Å². The highest BCUT2D eigenvalue weighted by Crippen LogP contribution is 2.24. The highest BCUT2D eigenvalue weighted by atomic mass is 35.5. The molecule has 6 heteroatoms. The fraction of sp³-hybridized carbons (Fsp3) is 0.412. The summed E-state index contributed by atoms with van der Waals surface area (Å²) in [5.74, 6) is 0.612. The van der Waals surface area contributed by atoms with Crippen molar-refractivity contribution in [3.63, 3.8) is 0 Å². The lowest BCUT2D eigenvalue weighted by atomic mass is 10.0. The Morgan fingerprint density at radius 2 is 2.00 bits per heavy atom. The van der Waals surface area contributed by atoms with Crippen molar-refractivity contribution >= 4 is 23.4 Å². The molecule has 1 unspecified atom stereocenters. The van der Waals surface area contributed by atoms with E-state index in [9.17, 15) is 4.79 Å². The lowest BCUT2D eigenvalue weighted by Crippen LogP contribution is -2.36. The van der Waals surface area contributed by atoms with Gasteiger partial charge in [0.25, 0.3) is 0 Å². The van der Waals surface area contributed by atoms with Crippen molar-refractivity contribution in [3.05, 3.63) is 35.4 Å². The second-order valence-corrected chi connectivity index (χ2v) is 6.10. The smallest absolute Gasteiger partial charge is 0.328 e. The van der Waals surface area contributed by atoms with Crippen molar-refractivity contribution in [2.24, 2.45) is 13.0 Å². The van der Waals surface area contributed by atoms with Gasteiger partial charge in [0.1, 0.15) is 11.9 Å². The number of carbonyl (C=O) groups is 1.